The first-order valence-corrected chi connectivity index (χ1v) is 11.7. The van der Waals surface area contributed by atoms with Crippen LogP contribution in [0.1, 0.15) is 34.7 Å². The van der Waals surface area contributed by atoms with E-state index in [0.29, 0.717) is 0 Å². The Labute approximate surface area is 206 Å². The van der Waals surface area contributed by atoms with Gasteiger partial charge in [0.15, 0.2) is 5.60 Å². The Kier molecular flexibility index (Phi) is 5.87. The SMILES string of the molecule is CC(=O)Nc1ccc(Nc2cc(C)c3c(c2C)C=CC(c2ccccc2)(c2ccccc2)O3)cc1. The molecule has 0 aromatic heterocycles. The molecule has 4 aromatic rings. The Morgan fingerprint density at radius 3 is 1.94 bits per heavy atom. The molecule has 4 aromatic carbocycles. The number of hydrogen-bond acceptors (Lipinski definition) is 3. The van der Waals surface area contributed by atoms with Crippen molar-refractivity contribution in [2.24, 2.45) is 0 Å². The Balaban J connectivity index is 1.53. The van der Waals surface area contributed by atoms with E-state index in [2.05, 4.69) is 91.2 Å². The van der Waals surface area contributed by atoms with E-state index < -0.39 is 5.60 Å². The second-order valence-electron chi connectivity index (χ2n) is 8.90. The molecule has 5 rings (SSSR count). The molecule has 0 aliphatic carbocycles. The van der Waals surface area contributed by atoms with Crippen LogP contribution in [0.25, 0.3) is 6.08 Å². The number of hydrogen-bond donors (Lipinski definition) is 2. The summed E-state index contributed by atoms with van der Waals surface area (Å²) in [7, 11) is 0. The van der Waals surface area contributed by atoms with Gasteiger partial charge in [-0.05, 0) is 61.4 Å². The first-order valence-electron chi connectivity index (χ1n) is 11.7. The lowest BCUT2D eigenvalue weighted by Gasteiger charge is -2.37. The van der Waals surface area contributed by atoms with Crippen molar-refractivity contribution in [2.45, 2.75) is 26.4 Å². The number of carbonyl (C=O) groups excluding carboxylic acids is 1. The molecule has 1 aliphatic heterocycles. The van der Waals surface area contributed by atoms with E-state index in [9.17, 15) is 4.79 Å². The van der Waals surface area contributed by atoms with Crippen molar-refractivity contribution in [3.63, 3.8) is 0 Å². The summed E-state index contributed by atoms with van der Waals surface area (Å²) in [6.45, 7) is 5.70. The zero-order valence-corrected chi connectivity index (χ0v) is 20.1. The molecule has 0 bridgehead atoms. The standard InChI is InChI=1S/C31H28N2O2/c1-21-20-29(33-27-16-14-26(15-17-27)32-23(3)34)22(2)28-18-19-31(35-30(21)28,24-10-6-4-7-11-24)25-12-8-5-9-13-25/h4-20,33H,1-3H3,(H,32,34). The number of fused-ring (bicyclic) bond motifs is 1. The summed E-state index contributed by atoms with van der Waals surface area (Å²) in [5, 5.41) is 6.33. The van der Waals surface area contributed by atoms with Gasteiger partial charge in [-0.3, -0.25) is 4.79 Å². The van der Waals surface area contributed by atoms with Gasteiger partial charge in [-0.1, -0.05) is 66.7 Å². The zero-order valence-electron chi connectivity index (χ0n) is 20.1. The molecule has 0 atom stereocenters. The number of rotatable bonds is 5. The molecule has 4 heteroatoms. The van der Waals surface area contributed by atoms with Gasteiger partial charge in [0.25, 0.3) is 0 Å². The van der Waals surface area contributed by atoms with E-state index in [1.807, 2.05) is 36.4 Å². The Morgan fingerprint density at radius 2 is 1.37 bits per heavy atom. The van der Waals surface area contributed by atoms with Crippen LogP contribution in [-0.2, 0) is 10.4 Å². The highest BCUT2D eigenvalue weighted by atomic mass is 16.5. The minimum Gasteiger partial charge on any atom is -0.473 e. The van der Waals surface area contributed by atoms with Gasteiger partial charge in [0, 0.05) is 40.7 Å². The van der Waals surface area contributed by atoms with Crippen LogP contribution in [0.2, 0.25) is 0 Å². The Hall–Kier alpha value is -4.31. The minimum absolute atomic E-state index is 0.0827. The van der Waals surface area contributed by atoms with Crippen LogP contribution >= 0.6 is 0 Å². The molecule has 0 fully saturated rings. The number of carbonyl (C=O) groups is 1. The lowest BCUT2D eigenvalue weighted by Crippen LogP contribution is -2.34. The van der Waals surface area contributed by atoms with Gasteiger partial charge in [0.05, 0.1) is 0 Å². The largest absolute Gasteiger partial charge is 0.473 e. The fourth-order valence-corrected chi connectivity index (χ4v) is 4.62. The average Bonchev–Trinajstić information content (AvgIpc) is 2.88. The molecule has 35 heavy (non-hydrogen) atoms. The number of benzene rings is 4. The molecule has 0 radical (unpaired) electrons. The summed E-state index contributed by atoms with van der Waals surface area (Å²) in [6.07, 6.45) is 4.35. The maximum Gasteiger partial charge on any atom is 0.221 e. The van der Waals surface area contributed by atoms with E-state index >= 15 is 0 Å². The molecule has 0 unspecified atom stereocenters. The summed E-state index contributed by atoms with van der Waals surface area (Å²) >= 11 is 0. The van der Waals surface area contributed by atoms with Crippen LogP contribution in [0.5, 0.6) is 5.75 Å². The summed E-state index contributed by atoms with van der Waals surface area (Å²) in [5.74, 6) is 0.810. The highest BCUT2D eigenvalue weighted by Gasteiger charge is 2.38. The van der Waals surface area contributed by atoms with Gasteiger partial charge in [-0.2, -0.15) is 0 Å². The van der Waals surface area contributed by atoms with Crippen molar-refractivity contribution >= 4 is 29.0 Å². The molecule has 0 saturated heterocycles. The van der Waals surface area contributed by atoms with Crippen molar-refractivity contribution < 1.29 is 9.53 Å². The predicted molar refractivity (Wildman–Crippen MR) is 143 cm³/mol. The zero-order chi connectivity index (χ0) is 24.4. The highest BCUT2D eigenvalue weighted by Crippen LogP contribution is 2.46. The second-order valence-corrected chi connectivity index (χ2v) is 8.90. The third-order valence-corrected chi connectivity index (χ3v) is 6.41. The number of anilines is 3. The quantitative estimate of drug-likeness (QED) is 0.327. The van der Waals surface area contributed by atoms with Crippen LogP contribution < -0.4 is 15.4 Å². The van der Waals surface area contributed by atoms with Gasteiger partial charge in [0.1, 0.15) is 5.75 Å². The maximum absolute atomic E-state index is 11.3. The molecule has 0 saturated carbocycles. The van der Waals surface area contributed by atoms with E-state index in [0.717, 1.165) is 50.6 Å². The monoisotopic (exact) mass is 460 g/mol. The van der Waals surface area contributed by atoms with Crippen LogP contribution in [0.3, 0.4) is 0 Å². The van der Waals surface area contributed by atoms with Crippen LogP contribution in [0.4, 0.5) is 17.1 Å². The molecule has 1 aliphatic rings. The molecule has 1 heterocycles. The van der Waals surface area contributed by atoms with Gasteiger partial charge in [0.2, 0.25) is 5.91 Å². The summed E-state index contributed by atoms with van der Waals surface area (Å²) in [4.78, 5) is 11.3. The van der Waals surface area contributed by atoms with Crippen molar-refractivity contribution in [2.75, 3.05) is 10.6 Å². The van der Waals surface area contributed by atoms with Crippen LogP contribution in [0, 0.1) is 13.8 Å². The van der Waals surface area contributed by atoms with Crippen molar-refractivity contribution in [1.29, 1.82) is 0 Å². The van der Waals surface area contributed by atoms with Crippen LogP contribution in [-0.4, -0.2) is 5.91 Å². The lowest BCUT2D eigenvalue weighted by atomic mass is 9.83. The fraction of sp³-hybridized carbons (Fsp3) is 0.129. The molecule has 0 spiro atoms. The van der Waals surface area contributed by atoms with Crippen molar-refractivity contribution in [1.82, 2.24) is 0 Å². The van der Waals surface area contributed by atoms with Gasteiger partial charge in [-0.25, -0.2) is 0 Å². The topological polar surface area (TPSA) is 50.4 Å². The normalized spacial score (nSPS) is 13.5. The minimum atomic E-state index is -0.693. The molecule has 1 amide bonds. The fourth-order valence-electron chi connectivity index (χ4n) is 4.62. The number of nitrogens with one attached hydrogen (secondary N) is 2. The lowest BCUT2D eigenvalue weighted by molar-refractivity contribution is -0.114. The van der Waals surface area contributed by atoms with Gasteiger partial charge < -0.3 is 15.4 Å². The molecule has 2 N–H and O–H groups in total. The smallest absolute Gasteiger partial charge is 0.221 e. The van der Waals surface area contributed by atoms with Crippen LogP contribution in [0.15, 0.2) is 97.1 Å². The highest BCUT2D eigenvalue weighted by molar-refractivity contribution is 5.89. The number of amides is 1. The molecular formula is C31H28N2O2. The second kappa shape index (κ2) is 9.15. The maximum atomic E-state index is 11.3. The van der Waals surface area contributed by atoms with E-state index in [4.69, 9.17) is 4.74 Å². The Morgan fingerprint density at radius 1 is 0.800 bits per heavy atom. The first kappa shape index (κ1) is 22.5. The molecule has 4 nitrogen and oxygen atoms in total. The Bertz CT molecular complexity index is 1350. The average molecular weight is 461 g/mol. The summed E-state index contributed by atoms with van der Waals surface area (Å²) in [6, 6.07) is 30.6. The third-order valence-electron chi connectivity index (χ3n) is 6.41. The molecule has 174 valence electrons. The van der Waals surface area contributed by atoms with E-state index in [-0.39, 0.29) is 5.91 Å². The van der Waals surface area contributed by atoms with Gasteiger partial charge >= 0.3 is 0 Å². The van der Waals surface area contributed by atoms with Gasteiger partial charge in [-0.15, -0.1) is 0 Å². The number of ether oxygens (including phenoxy) is 1. The van der Waals surface area contributed by atoms with E-state index in [1.165, 1.54) is 6.92 Å². The predicted octanol–water partition coefficient (Wildman–Crippen LogP) is 7.35. The first-order chi connectivity index (χ1) is 17.0. The van der Waals surface area contributed by atoms with E-state index in [1.54, 1.807) is 0 Å². The third kappa shape index (κ3) is 4.31. The van der Waals surface area contributed by atoms with Crippen molar-refractivity contribution in [3.8, 4) is 5.75 Å². The summed E-state index contributed by atoms with van der Waals surface area (Å²) < 4.78 is 6.91. The summed E-state index contributed by atoms with van der Waals surface area (Å²) in [5.41, 5.74) is 7.48. The number of aryl methyl sites for hydroxylation is 1. The van der Waals surface area contributed by atoms with Crippen molar-refractivity contribution in [3.05, 3.63) is 125 Å². The molecular weight excluding hydrogens is 432 g/mol.